The van der Waals surface area contributed by atoms with Crippen molar-refractivity contribution in [3.8, 4) is 17.1 Å². The molecule has 0 radical (unpaired) electrons. The Labute approximate surface area is 156 Å². The molecule has 0 saturated heterocycles. The number of hydrogen-bond donors (Lipinski definition) is 2. The number of aromatic nitrogens is 2. The van der Waals surface area contributed by atoms with E-state index in [0.717, 1.165) is 40.1 Å². The van der Waals surface area contributed by atoms with Gasteiger partial charge in [0.1, 0.15) is 11.6 Å². The van der Waals surface area contributed by atoms with E-state index in [2.05, 4.69) is 27.4 Å². The molecule has 5 heteroatoms. The van der Waals surface area contributed by atoms with Crippen LogP contribution in [0.4, 0.5) is 11.5 Å². The summed E-state index contributed by atoms with van der Waals surface area (Å²) in [4.78, 5) is 13.7. The Morgan fingerprint density at radius 2 is 1.74 bits per heavy atom. The number of aromatic hydroxyl groups is 1. The van der Waals surface area contributed by atoms with Crippen LogP contribution in [-0.2, 0) is 6.54 Å². The molecule has 0 spiro atoms. The summed E-state index contributed by atoms with van der Waals surface area (Å²) < 4.78 is 0. The molecule has 0 atom stereocenters. The third-order valence-corrected chi connectivity index (χ3v) is 4.63. The first-order valence-electron chi connectivity index (χ1n) is 8.72. The lowest BCUT2D eigenvalue weighted by Crippen LogP contribution is -2.00. The Morgan fingerprint density at radius 3 is 2.63 bits per heavy atom. The fourth-order valence-electron chi connectivity index (χ4n) is 3.23. The Bertz CT molecular complexity index is 1180. The van der Waals surface area contributed by atoms with Gasteiger partial charge in [-0.3, -0.25) is 4.99 Å². The average molecular weight is 352 g/mol. The fraction of sp³-hybridized carbons (Fsp3) is 0.0455. The molecule has 130 valence electrons. The molecule has 0 amide bonds. The molecule has 0 fully saturated rings. The molecule has 27 heavy (non-hydrogen) atoms. The van der Waals surface area contributed by atoms with Gasteiger partial charge in [-0.2, -0.15) is 0 Å². The molecule has 0 bridgehead atoms. The zero-order valence-corrected chi connectivity index (χ0v) is 14.4. The largest absolute Gasteiger partial charge is 0.508 e. The Hall–Kier alpha value is -3.73. The first-order chi connectivity index (χ1) is 13.3. The highest BCUT2D eigenvalue weighted by atomic mass is 16.3. The van der Waals surface area contributed by atoms with Crippen LogP contribution < -0.4 is 5.32 Å². The van der Waals surface area contributed by atoms with Crippen molar-refractivity contribution < 1.29 is 5.11 Å². The van der Waals surface area contributed by atoms with Gasteiger partial charge in [0, 0.05) is 22.9 Å². The van der Waals surface area contributed by atoms with Crippen LogP contribution in [0.3, 0.4) is 0 Å². The Morgan fingerprint density at radius 1 is 0.889 bits per heavy atom. The smallest absolute Gasteiger partial charge is 0.162 e. The molecular formula is C22H16N4O. The van der Waals surface area contributed by atoms with E-state index < -0.39 is 0 Å². The van der Waals surface area contributed by atoms with Crippen molar-refractivity contribution in [1.29, 1.82) is 0 Å². The van der Waals surface area contributed by atoms with Gasteiger partial charge in [-0.15, -0.1) is 0 Å². The van der Waals surface area contributed by atoms with Crippen molar-refractivity contribution in [1.82, 2.24) is 9.97 Å². The lowest BCUT2D eigenvalue weighted by molar-refractivity contribution is 0.475. The number of benzene rings is 3. The predicted molar refractivity (Wildman–Crippen MR) is 108 cm³/mol. The van der Waals surface area contributed by atoms with Crippen molar-refractivity contribution in [2.24, 2.45) is 4.99 Å². The molecular weight excluding hydrogens is 336 g/mol. The fourth-order valence-corrected chi connectivity index (χ4v) is 3.23. The summed E-state index contributed by atoms with van der Waals surface area (Å²) in [6.07, 6.45) is 1.90. The molecule has 0 aliphatic carbocycles. The molecule has 0 saturated carbocycles. The third-order valence-electron chi connectivity index (χ3n) is 4.63. The standard InChI is InChI=1S/C22H16N4O/c27-18-9-6-14(7-10-18)21-25-20-4-2-1-3-19(20)22(26-21)24-17-8-5-15-12-23-13-16(15)11-17/h1-11,13,27H,12H2,(H,24,25,26). The van der Waals surface area contributed by atoms with Crippen LogP contribution in [0, 0.1) is 0 Å². The Kier molecular flexibility index (Phi) is 3.57. The summed E-state index contributed by atoms with van der Waals surface area (Å²) in [5, 5.41) is 13.9. The number of phenolic OH excluding ortho intramolecular Hbond substituents is 1. The predicted octanol–water partition coefficient (Wildman–Crippen LogP) is 4.68. The van der Waals surface area contributed by atoms with Gasteiger partial charge in [0.25, 0.3) is 0 Å². The molecule has 2 N–H and O–H groups in total. The summed E-state index contributed by atoms with van der Waals surface area (Å²) >= 11 is 0. The number of fused-ring (bicyclic) bond motifs is 2. The van der Waals surface area contributed by atoms with Crippen LogP contribution >= 0.6 is 0 Å². The second kappa shape index (κ2) is 6.21. The summed E-state index contributed by atoms with van der Waals surface area (Å²) in [7, 11) is 0. The number of para-hydroxylation sites is 1. The molecule has 5 nitrogen and oxygen atoms in total. The van der Waals surface area contributed by atoms with Gasteiger partial charge in [0.2, 0.25) is 0 Å². The van der Waals surface area contributed by atoms with Crippen LogP contribution in [0.15, 0.2) is 71.7 Å². The van der Waals surface area contributed by atoms with Crippen molar-refractivity contribution in [3.05, 3.63) is 77.9 Å². The van der Waals surface area contributed by atoms with E-state index in [1.54, 1.807) is 12.1 Å². The minimum Gasteiger partial charge on any atom is -0.508 e. The van der Waals surface area contributed by atoms with Gasteiger partial charge in [-0.1, -0.05) is 18.2 Å². The van der Waals surface area contributed by atoms with Gasteiger partial charge in [0.15, 0.2) is 5.82 Å². The maximum atomic E-state index is 9.54. The third kappa shape index (κ3) is 2.89. The summed E-state index contributed by atoms with van der Waals surface area (Å²) in [5.74, 6) is 1.58. The van der Waals surface area contributed by atoms with Crippen molar-refractivity contribution in [3.63, 3.8) is 0 Å². The molecule has 1 aliphatic rings. The van der Waals surface area contributed by atoms with Crippen molar-refractivity contribution >= 4 is 28.6 Å². The number of rotatable bonds is 3. The van der Waals surface area contributed by atoms with Crippen LogP contribution in [0.2, 0.25) is 0 Å². The molecule has 2 heterocycles. The zero-order valence-electron chi connectivity index (χ0n) is 14.4. The Balaban J connectivity index is 1.62. The highest BCUT2D eigenvalue weighted by Crippen LogP contribution is 2.29. The van der Waals surface area contributed by atoms with Crippen molar-refractivity contribution in [2.45, 2.75) is 6.54 Å². The normalized spacial score (nSPS) is 12.3. The first kappa shape index (κ1) is 15.5. The highest BCUT2D eigenvalue weighted by Gasteiger charge is 2.11. The molecule has 3 aromatic carbocycles. The maximum absolute atomic E-state index is 9.54. The van der Waals surface area contributed by atoms with Crippen LogP contribution in [0.1, 0.15) is 11.1 Å². The molecule has 4 aromatic rings. The van der Waals surface area contributed by atoms with Crippen molar-refractivity contribution in [2.75, 3.05) is 5.32 Å². The van der Waals surface area contributed by atoms with Gasteiger partial charge in [-0.25, -0.2) is 9.97 Å². The summed E-state index contributed by atoms with van der Waals surface area (Å²) in [6, 6.07) is 21.1. The lowest BCUT2D eigenvalue weighted by atomic mass is 10.1. The number of aliphatic imine (C=N–C) groups is 1. The minimum atomic E-state index is 0.220. The van der Waals surface area contributed by atoms with E-state index in [1.807, 2.05) is 48.7 Å². The topological polar surface area (TPSA) is 70.4 Å². The molecule has 5 rings (SSSR count). The zero-order chi connectivity index (χ0) is 18.2. The number of phenols is 1. The van der Waals surface area contributed by atoms with Crippen LogP contribution in [0.5, 0.6) is 5.75 Å². The minimum absolute atomic E-state index is 0.220. The highest BCUT2D eigenvalue weighted by molar-refractivity contribution is 5.93. The number of anilines is 2. The quantitative estimate of drug-likeness (QED) is 0.562. The average Bonchev–Trinajstić information content (AvgIpc) is 3.16. The second-order valence-corrected chi connectivity index (χ2v) is 6.47. The van der Waals surface area contributed by atoms with E-state index in [1.165, 1.54) is 5.56 Å². The van der Waals surface area contributed by atoms with E-state index >= 15 is 0 Å². The van der Waals surface area contributed by atoms with Gasteiger partial charge in [0.05, 0.1) is 12.1 Å². The maximum Gasteiger partial charge on any atom is 0.162 e. The van der Waals surface area contributed by atoms with E-state index in [4.69, 9.17) is 4.98 Å². The number of nitrogens with one attached hydrogen (secondary N) is 1. The molecule has 1 aromatic heterocycles. The number of nitrogens with zero attached hydrogens (tertiary/aromatic N) is 3. The van der Waals surface area contributed by atoms with E-state index in [9.17, 15) is 5.11 Å². The summed E-state index contributed by atoms with van der Waals surface area (Å²) in [5.41, 5.74) is 5.04. The van der Waals surface area contributed by atoms with E-state index in [0.29, 0.717) is 5.82 Å². The van der Waals surface area contributed by atoms with Gasteiger partial charge >= 0.3 is 0 Å². The monoisotopic (exact) mass is 352 g/mol. The van der Waals surface area contributed by atoms with E-state index in [-0.39, 0.29) is 5.75 Å². The first-order valence-corrected chi connectivity index (χ1v) is 8.72. The van der Waals surface area contributed by atoms with Gasteiger partial charge < -0.3 is 10.4 Å². The molecule has 0 unspecified atom stereocenters. The van der Waals surface area contributed by atoms with Crippen LogP contribution in [-0.4, -0.2) is 21.3 Å². The van der Waals surface area contributed by atoms with Crippen LogP contribution in [0.25, 0.3) is 22.3 Å². The second-order valence-electron chi connectivity index (χ2n) is 6.47. The molecule has 1 aliphatic heterocycles. The van der Waals surface area contributed by atoms with Gasteiger partial charge in [-0.05, 0) is 59.7 Å². The lowest BCUT2D eigenvalue weighted by Gasteiger charge is -2.12. The SMILES string of the molecule is Oc1ccc(-c2nc(Nc3ccc4c(c3)C=NC4)c3ccccc3n2)cc1. The number of hydrogen-bond acceptors (Lipinski definition) is 5. The summed E-state index contributed by atoms with van der Waals surface area (Å²) in [6.45, 7) is 0.747.